The molecule has 5 heteroatoms. The summed E-state index contributed by atoms with van der Waals surface area (Å²) in [6.45, 7) is 4.89. The fraction of sp³-hybridized carbons (Fsp3) is 0.500. The molecule has 2 rings (SSSR count). The Balaban J connectivity index is 2.33. The second-order valence-corrected chi connectivity index (χ2v) is 3.90. The molecule has 0 atom stereocenters. The van der Waals surface area contributed by atoms with Crippen LogP contribution in [0.25, 0.3) is 6.01 Å². The lowest BCUT2D eigenvalue weighted by molar-refractivity contribution is 0.501. The van der Waals surface area contributed by atoms with E-state index in [0.717, 1.165) is 29.9 Å². The zero-order valence-corrected chi connectivity index (χ0v) is 10.5. The average molecular weight is 234 g/mol. The Morgan fingerprint density at radius 1 is 1.29 bits per heavy atom. The Labute approximate surface area is 101 Å². The lowest BCUT2D eigenvalue weighted by atomic mass is 10.3. The Kier molecular flexibility index (Phi) is 3.58. The molecule has 17 heavy (non-hydrogen) atoms. The zero-order chi connectivity index (χ0) is 12.3. The first-order valence-electron chi connectivity index (χ1n) is 5.95. The second-order valence-electron chi connectivity index (χ2n) is 3.90. The van der Waals surface area contributed by atoms with Gasteiger partial charge in [-0.15, -0.1) is 0 Å². The molecule has 2 heterocycles. The van der Waals surface area contributed by atoms with Gasteiger partial charge in [0.05, 0.1) is 11.4 Å². The van der Waals surface area contributed by atoms with Gasteiger partial charge < -0.3 is 9.73 Å². The van der Waals surface area contributed by atoms with Gasteiger partial charge in [-0.25, -0.2) is 0 Å². The molecule has 0 aliphatic rings. The monoisotopic (exact) mass is 234 g/mol. The normalized spacial score (nSPS) is 11.0. The number of nitrogens with one attached hydrogen (secondary N) is 1. The highest BCUT2D eigenvalue weighted by Gasteiger charge is 2.12. The maximum atomic E-state index is 5.45. The van der Waals surface area contributed by atoms with Crippen molar-refractivity contribution in [3.8, 4) is 6.01 Å². The summed E-state index contributed by atoms with van der Waals surface area (Å²) in [5.41, 5.74) is 3.08. The summed E-state index contributed by atoms with van der Waals surface area (Å²) < 4.78 is 7.24. The van der Waals surface area contributed by atoms with Gasteiger partial charge in [-0.1, -0.05) is 13.8 Å². The first-order valence-corrected chi connectivity index (χ1v) is 5.95. The maximum Gasteiger partial charge on any atom is 0.323 e. The minimum absolute atomic E-state index is 0.548. The lowest BCUT2D eigenvalue weighted by Gasteiger charge is -1.98. The smallest absolute Gasteiger partial charge is 0.323 e. The van der Waals surface area contributed by atoms with Gasteiger partial charge in [0.1, 0.15) is 6.26 Å². The van der Waals surface area contributed by atoms with Gasteiger partial charge in [-0.3, -0.25) is 0 Å². The maximum absolute atomic E-state index is 5.45. The standard InChI is InChI=1S/C12H18N4O/c1-4-9-6-11(5-2)16(15-9)12-14-10(7-13-3)8-17-12/h6,8,13H,4-5,7H2,1-3H3. The summed E-state index contributed by atoms with van der Waals surface area (Å²) >= 11 is 0. The van der Waals surface area contributed by atoms with Crippen molar-refractivity contribution in [1.82, 2.24) is 20.1 Å². The number of hydrogen-bond donors (Lipinski definition) is 1. The Morgan fingerprint density at radius 2 is 2.12 bits per heavy atom. The van der Waals surface area contributed by atoms with Gasteiger partial charge >= 0.3 is 6.01 Å². The van der Waals surface area contributed by atoms with Crippen LogP contribution in [0.2, 0.25) is 0 Å². The molecule has 0 fully saturated rings. The van der Waals surface area contributed by atoms with Crippen molar-refractivity contribution in [3.05, 3.63) is 29.4 Å². The average Bonchev–Trinajstić information content (AvgIpc) is 2.94. The van der Waals surface area contributed by atoms with Crippen LogP contribution in [-0.4, -0.2) is 21.8 Å². The molecule has 0 bridgehead atoms. The fourth-order valence-electron chi connectivity index (χ4n) is 1.72. The summed E-state index contributed by atoms with van der Waals surface area (Å²) in [6.07, 6.45) is 3.50. The van der Waals surface area contributed by atoms with Gasteiger partial charge in [0.15, 0.2) is 0 Å². The van der Waals surface area contributed by atoms with Gasteiger partial charge in [-0.05, 0) is 26.0 Å². The van der Waals surface area contributed by atoms with Crippen LogP contribution in [0.1, 0.15) is 30.9 Å². The summed E-state index contributed by atoms with van der Waals surface area (Å²) in [5.74, 6) is 0. The molecule has 0 amide bonds. The molecule has 92 valence electrons. The molecule has 2 aromatic rings. The largest absolute Gasteiger partial charge is 0.430 e. The molecule has 2 aromatic heterocycles. The second kappa shape index (κ2) is 5.14. The van der Waals surface area contributed by atoms with E-state index in [4.69, 9.17) is 4.42 Å². The summed E-state index contributed by atoms with van der Waals surface area (Å²) in [6, 6.07) is 2.65. The van der Waals surface area contributed by atoms with Crippen LogP contribution in [0.3, 0.4) is 0 Å². The van der Waals surface area contributed by atoms with Gasteiger partial charge in [0.25, 0.3) is 0 Å². The number of aryl methyl sites for hydroxylation is 2. The molecule has 0 spiro atoms. The van der Waals surface area contributed by atoms with Crippen LogP contribution in [0.5, 0.6) is 0 Å². The van der Waals surface area contributed by atoms with Crippen LogP contribution in [0.4, 0.5) is 0 Å². The van der Waals surface area contributed by atoms with E-state index < -0.39 is 0 Å². The fourth-order valence-corrected chi connectivity index (χ4v) is 1.72. The van der Waals surface area contributed by atoms with E-state index in [9.17, 15) is 0 Å². The first-order chi connectivity index (χ1) is 8.28. The third-order valence-electron chi connectivity index (χ3n) is 2.64. The molecule has 0 aromatic carbocycles. The van der Waals surface area contributed by atoms with Crippen molar-refractivity contribution in [1.29, 1.82) is 0 Å². The molecular weight excluding hydrogens is 216 g/mol. The predicted octanol–water partition coefficient (Wildman–Crippen LogP) is 1.70. The number of aromatic nitrogens is 3. The highest BCUT2D eigenvalue weighted by atomic mass is 16.4. The van der Waals surface area contributed by atoms with Gasteiger partial charge in [-0.2, -0.15) is 14.8 Å². The van der Waals surface area contributed by atoms with Gasteiger partial charge in [0, 0.05) is 12.2 Å². The lowest BCUT2D eigenvalue weighted by Crippen LogP contribution is -2.06. The summed E-state index contributed by atoms with van der Waals surface area (Å²) in [7, 11) is 1.88. The van der Waals surface area contributed by atoms with Crippen molar-refractivity contribution < 1.29 is 4.42 Å². The Bertz CT molecular complexity index is 486. The van der Waals surface area contributed by atoms with E-state index in [1.807, 2.05) is 7.05 Å². The van der Waals surface area contributed by atoms with E-state index in [2.05, 4.69) is 35.3 Å². The molecule has 5 nitrogen and oxygen atoms in total. The summed E-state index contributed by atoms with van der Waals surface area (Å²) in [5, 5.41) is 7.52. The number of oxazole rings is 1. The molecular formula is C12H18N4O. The molecule has 0 aliphatic carbocycles. The van der Waals surface area contributed by atoms with Crippen LogP contribution in [-0.2, 0) is 19.4 Å². The van der Waals surface area contributed by atoms with Crippen molar-refractivity contribution in [2.24, 2.45) is 0 Å². The van der Waals surface area contributed by atoms with Crippen molar-refractivity contribution in [2.45, 2.75) is 33.2 Å². The zero-order valence-electron chi connectivity index (χ0n) is 10.5. The van der Waals surface area contributed by atoms with E-state index >= 15 is 0 Å². The quantitative estimate of drug-likeness (QED) is 0.855. The number of rotatable bonds is 5. The predicted molar refractivity (Wildman–Crippen MR) is 65.1 cm³/mol. The SMILES string of the molecule is CCc1cc(CC)n(-c2nc(CNC)co2)n1. The van der Waals surface area contributed by atoms with E-state index in [1.165, 1.54) is 0 Å². The van der Waals surface area contributed by atoms with Crippen LogP contribution in [0.15, 0.2) is 16.7 Å². The third kappa shape index (κ3) is 2.39. The van der Waals surface area contributed by atoms with Crippen LogP contribution >= 0.6 is 0 Å². The number of hydrogen-bond acceptors (Lipinski definition) is 4. The van der Waals surface area contributed by atoms with Crippen LogP contribution < -0.4 is 5.32 Å². The minimum atomic E-state index is 0.548. The molecule has 0 saturated carbocycles. The third-order valence-corrected chi connectivity index (χ3v) is 2.64. The molecule has 0 saturated heterocycles. The molecule has 0 aliphatic heterocycles. The first kappa shape index (κ1) is 11.9. The number of nitrogens with zero attached hydrogens (tertiary/aromatic N) is 3. The highest BCUT2D eigenvalue weighted by Crippen LogP contribution is 2.13. The van der Waals surface area contributed by atoms with Gasteiger partial charge in [0.2, 0.25) is 0 Å². The van der Waals surface area contributed by atoms with E-state index in [-0.39, 0.29) is 0 Å². The Hall–Kier alpha value is -1.62. The summed E-state index contributed by atoms with van der Waals surface area (Å²) in [4.78, 5) is 4.40. The van der Waals surface area contributed by atoms with Crippen molar-refractivity contribution in [2.75, 3.05) is 7.05 Å². The van der Waals surface area contributed by atoms with Crippen molar-refractivity contribution >= 4 is 0 Å². The topological polar surface area (TPSA) is 55.9 Å². The minimum Gasteiger partial charge on any atom is -0.430 e. The van der Waals surface area contributed by atoms with Crippen LogP contribution in [0, 0.1) is 0 Å². The highest BCUT2D eigenvalue weighted by molar-refractivity contribution is 5.19. The molecule has 1 N–H and O–H groups in total. The molecule has 0 radical (unpaired) electrons. The van der Waals surface area contributed by atoms with E-state index in [1.54, 1.807) is 10.9 Å². The Morgan fingerprint density at radius 3 is 2.76 bits per heavy atom. The van der Waals surface area contributed by atoms with Crippen molar-refractivity contribution in [3.63, 3.8) is 0 Å². The van der Waals surface area contributed by atoms with E-state index in [0.29, 0.717) is 12.6 Å². The molecule has 0 unspecified atom stereocenters.